The number of methoxy groups -OCH3 is 1. The quantitative estimate of drug-likeness (QED) is 0.411. The predicted molar refractivity (Wildman–Crippen MR) is 127 cm³/mol. The smallest absolute Gasteiger partial charge is 0.145 e. The van der Waals surface area contributed by atoms with Crippen LogP contribution in [0.5, 0.6) is 5.75 Å². The number of rotatable bonds is 6. The molecule has 0 saturated carbocycles. The van der Waals surface area contributed by atoms with E-state index in [0.717, 1.165) is 41.2 Å². The normalized spacial score (nSPS) is 14.4. The Hall–Kier alpha value is -3.48. The molecule has 4 aromatic rings. The Morgan fingerprint density at radius 1 is 0.939 bits per heavy atom. The molecular weight excluding hydrogens is 417 g/mol. The second-order valence-electron chi connectivity index (χ2n) is 8.05. The molecule has 0 amide bonds. The molecule has 0 unspecified atom stereocenters. The Morgan fingerprint density at radius 2 is 1.70 bits per heavy atom. The molecule has 1 aromatic heterocycles. The topological polar surface area (TPSA) is 39.5 Å². The third-order valence-corrected chi connectivity index (χ3v) is 5.99. The van der Waals surface area contributed by atoms with Crippen LogP contribution in [0.1, 0.15) is 5.56 Å². The third kappa shape index (κ3) is 4.40. The molecule has 0 aliphatic carbocycles. The highest BCUT2D eigenvalue weighted by Gasteiger charge is 2.22. The zero-order chi connectivity index (χ0) is 22.6. The maximum Gasteiger partial charge on any atom is 0.145 e. The standard InChI is InChI=1S/C27H26FN3O2/c1-32-26-17-21(20-7-3-2-4-8-20)11-12-25(26)31-27(23-9-5-6-10-24(23)28)22(18-29-31)19-30-13-15-33-16-14-30/h2-12,17-18H,13-16,19H2,1H3. The first-order valence-corrected chi connectivity index (χ1v) is 11.1. The van der Waals surface area contributed by atoms with Gasteiger partial charge in [0.1, 0.15) is 17.3 Å². The number of halogens is 1. The number of hydrogen-bond donors (Lipinski definition) is 0. The summed E-state index contributed by atoms with van der Waals surface area (Å²) in [5.41, 5.74) is 5.15. The highest BCUT2D eigenvalue weighted by molar-refractivity contribution is 5.71. The van der Waals surface area contributed by atoms with E-state index in [1.165, 1.54) is 6.07 Å². The van der Waals surface area contributed by atoms with Crippen molar-refractivity contribution in [3.05, 3.63) is 90.4 Å². The van der Waals surface area contributed by atoms with Crippen molar-refractivity contribution >= 4 is 0 Å². The highest BCUT2D eigenvalue weighted by atomic mass is 19.1. The summed E-state index contributed by atoms with van der Waals surface area (Å²) in [6, 6.07) is 23.0. The monoisotopic (exact) mass is 443 g/mol. The molecule has 2 heterocycles. The lowest BCUT2D eigenvalue weighted by Crippen LogP contribution is -2.35. The summed E-state index contributed by atoms with van der Waals surface area (Å²) in [7, 11) is 1.65. The molecule has 6 heteroatoms. The zero-order valence-electron chi connectivity index (χ0n) is 18.6. The SMILES string of the molecule is COc1cc(-c2ccccc2)ccc1-n1ncc(CN2CCOCC2)c1-c1ccccc1F. The van der Waals surface area contributed by atoms with Crippen molar-refractivity contribution in [1.29, 1.82) is 0 Å². The zero-order valence-corrected chi connectivity index (χ0v) is 18.6. The van der Waals surface area contributed by atoms with Gasteiger partial charge in [0.15, 0.2) is 0 Å². The van der Waals surface area contributed by atoms with E-state index in [4.69, 9.17) is 14.6 Å². The first-order chi connectivity index (χ1) is 16.2. The Bertz CT molecular complexity index is 1230. The van der Waals surface area contributed by atoms with Crippen molar-refractivity contribution in [2.24, 2.45) is 0 Å². The maximum absolute atomic E-state index is 15.0. The van der Waals surface area contributed by atoms with Gasteiger partial charge in [0.05, 0.1) is 32.2 Å². The van der Waals surface area contributed by atoms with Crippen LogP contribution in [0.4, 0.5) is 4.39 Å². The van der Waals surface area contributed by atoms with Crippen molar-refractivity contribution < 1.29 is 13.9 Å². The number of hydrogen-bond acceptors (Lipinski definition) is 4. The summed E-state index contributed by atoms with van der Waals surface area (Å²) in [4.78, 5) is 2.31. The van der Waals surface area contributed by atoms with Crippen LogP contribution in [-0.2, 0) is 11.3 Å². The van der Waals surface area contributed by atoms with Crippen LogP contribution >= 0.6 is 0 Å². The molecule has 1 saturated heterocycles. The fourth-order valence-corrected chi connectivity index (χ4v) is 4.28. The van der Waals surface area contributed by atoms with Crippen LogP contribution in [-0.4, -0.2) is 48.1 Å². The molecule has 1 aliphatic rings. The Labute approximate surface area is 193 Å². The lowest BCUT2D eigenvalue weighted by Gasteiger charge is -2.26. The van der Waals surface area contributed by atoms with E-state index in [1.807, 2.05) is 48.7 Å². The van der Waals surface area contributed by atoms with Crippen molar-refractivity contribution in [1.82, 2.24) is 14.7 Å². The molecule has 0 atom stereocenters. The van der Waals surface area contributed by atoms with Crippen molar-refractivity contribution in [2.45, 2.75) is 6.54 Å². The van der Waals surface area contributed by atoms with Gasteiger partial charge in [-0.05, 0) is 35.4 Å². The lowest BCUT2D eigenvalue weighted by molar-refractivity contribution is 0.0342. The Balaban J connectivity index is 1.61. The first kappa shape index (κ1) is 21.4. The van der Waals surface area contributed by atoms with E-state index in [9.17, 15) is 4.39 Å². The minimum Gasteiger partial charge on any atom is -0.494 e. The number of benzene rings is 3. The van der Waals surface area contributed by atoms with E-state index < -0.39 is 0 Å². The third-order valence-electron chi connectivity index (χ3n) is 5.99. The van der Waals surface area contributed by atoms with Gasteiger partial charge in [-0.25, -0.2) is 9.07 Å². The van der Waals surface area contributed by atoms with Crippen LogP contribution < -0.4 is 4.74 Å². The van der Waals surface area contributed by atoms with Crippen molar-refractivity contribution in [3.63, 3.8) is 0 Å². The predicted octanol–water partition coefficient (Wildman–Crippen LogP) is 5.19. The molecule has 5 nitrogen and oxygen atoms in total. The van der Waals surface area contributed by atoms with Gasteiger partial charge in [-0.1, -0.05) is 48.5 Å². The lowest BCUT2D eigenvalue weighted by atomic mass is 10.0. The Morgan fingerprint density at radius 3 is 2.45 bits per heavy atom. The largest absolute Gasteiger partial charge is 0.494 e. The van der Waals surface area contributed by atoms with Crippen LogP contribution in [0.2, 0.25) is 0 Å². The summed E-state index contributed by atoms with van der Waals surface area (Å²) >= 11 is 0. The summed E-state index contributed by atoms with van der Waals surface area (Å²) in [5.74, 6) is 0.400. The van der Waals surface area contributed by atoms with Gasteiger partial charge in [-0.3, -0.25) is 4.90 Å². The average Bonchev–Trinajstić information content (AvgIpc) is 3.28. The van der Waals surface area contributed by atoms with Gasteiger partial charge in [0.2, 0.25) is 0 Å². The van der Waals surface area contributed by atoms with Crippen LogP contribution in [0, 0.1) is 5.82 Å². The molecular formula is C27H26FN3O2. The van der Waals surface area contributed by atoms with Crippen LogP contribution in [0.3, 0.4) is 0 Å². The molecule has 0 bridgehead atoms. The van der Waals surface area contributed by atoms with Gasteiger partial charge in [0, 0.05) is 30.8 Å². The van der Waals surface area contributed by atoms with Crippen molar-refractivity contribution in [2.75, 3.05) is 33.4 Å². The molecule has 168 valence electrons. The van der Waals surface area contributed by atoms with E-state index in [-0.39, 0.29) is 5.82 Å². The van der Waals surface area contributed by atoms with E-state index >= 15 is 0 Å². The van der Waals surface area contributed by atoms with Gasteiger partial charge < -0.3 is 9.47 Å². The molecule has 1 aliphatic heterocycles. The molecule has 33 heavy (non-hydrogen) atoms. The Kier molecular flexibility index (Phi) is 6.19. The van der Waals surface area contributed by atoms with Crippen LogP contribution in [0.15, 0.2) is 79.0 Å². The number of ether oxygens (including phenoxy) is 2. The van der Waals surface area contributed by atoms with E-state index in [2.05, 4.69) is 17.0 Å². The van der Waals surface area contributed by atoms with E-state index in [0.29, 0.717) is 31.1 Å². The van der Waals surface area contributed by atoms with Crippen LogP contribution in [0.25, 0.3) is 28.1 Å². The summed E-state index contributed by atoms with van der Waals surface area (Å²) in [6.45, 7) is 3.78. The van der Waals surface area contributed by atoms with E-state index in [1.54, 1.807) is 23.9 Å². The minimum absolute atomic E-state index is 0.276. The molecule has 1 fully saturated rings. The summed E-state index contributed by atoms with van der Waals surface area (Å²) < 4.78 is 28.0. The summed E-state index contributed by atoms with van der Waals surface area (Å²) in [5, 5.41) is 4.69. The second kappa shape index (κ2) is 9.57. The van der Waals surface area contributed by atoms with Gasteiger partial charge in [-0.2, -0.15) is 5.10 Å². The minimum atomic E-state index is -0.276. The second-order valence-corrected chi connectivity index (χ2v) is 8.05. The fourth-order valence-electron chi connectivity index (χ4n) is 4.28. The molecule has 0 radical (unpaired) electrons. The van der Waals surface area contributed by atoms with Gasteiger partial charge in [-0.15, -0.1) is 0 Å². The molecule has 5 rings (SSSR count). The summed E-state index contributed by atoms with van der Waals surface area (Å²) in [6.07, 6.45) is 1.84. The number of morpholine rings is 1. The molecule has 3 aromatic carbocycles. The molecule has 0 N–H and O–H groups in total. The molecule has 0 spiro atoms. The van der Waals surface area contributed by atoms with Gasteiger partial charge in [0.25, 0.3) is 0 Å². The fraction of sp³-hybridized carbons (Fsp3) is 0.222. The van der Waals surface area contributed by atoms with Crippen molar-refractivity contribution in [3.8, 4) is 33.8 Å². The van der Waals surface area contributed by atoms with Gasteiger partial charge >= 0.3 is 0 Å². The highest BCUT2D eigenvalue weighted by Crippen LogP contribution is 2.35. The number of nitrogens with zero attached hydrogens (tertiary/aromatic N) is 3. The first-order valence-electron chi connectivity index (χ1n) is 11.1. The maximum atomic E-state index is 15.0. The number of aromatic nitrogens is 2. The average molecular weight is 444 g/mol.